The number of benzene rings is 1. The van der Waals surface area contributed by atoms with Crippen molar-refractivity contribution in [3.05, 3.63) is 28.8 Å². The number of nitrogens with two attached hydrogens (primary N) is 1. The number of halogens is 3. The molecule has 2 rings (SSSR count). The van der Waals surface area contributed by atoms with Crippen LogP contribution >= 0.6 is 11.6 Å². The molecule has 5 heteroatoms. The zero-order valence-electron chi connectivity index (χ0n) is 9.93. The molecule has 0 unspecified atom stereocenters. The lowest BCUT2D eigenvalue weighted by Crippen LogP contribution is -2.25. The predicted octanol–water partition coefficient (Wildman–Crippen LogP) is 4.19. The van der Waals surface area contributed by atoms with Gasteiger partial charge in [0.1, 0.15) is 17.3 Å². The smallest absolute Gasteiger partial charge is 0.153 e. The maximum Gasteiger partial charge on any atom is 0.153 e. The molecule has 0 amide bonds. The largest absolute Gasteiger partial charge is 0.387 e. The summed E-state index contributed by atoms with van der Waals surface area (Å²) in [4.78, 5) is 4.04. The van der Waals surface area contributed by atoms with Crippen molar-refractivity contribution < 1.29 is 8.78 Å². The second kappa shape index (κ2) is 5.65. The SMILES string of the molecule is NC(=Nc1c(F)cc(F)cc1Cl)C1CCCCC1. The fourth-order valence-electron chi connectivity index (χ4n) is 2.26. The van der Waals surface area contributed by atoms with Crippen LogP contribution in [0.5, 0.6) is 0 Å². The van der Waals surface area contributed by atoms with Crippen LogP contribution in [-0.4, -0.2) is 5.84 Å². The summed E-state index contributed by atoms with van der Waals surface area (Å²) in [6.45, 7) is 0. The van der Waals surface area contributed by atoms with Crippen LogP contribution in [0.2, 0.25) is 5.02 Å². The van der Waals surface area contributed by atoms with Crippen LogP contribution in [0, 0.1) is 17.6 Å². The van der Waals surface area contributed by atoms with E-state index in [1.807, 2.05) is 0 Å². The molecule has 98 valence electrons. The molecule has 18 heavy (non-hydrogen) atoms. The first-order chi connectivity index (χ1) is 8.58. The van der Waals surface area contributed by atoms with Crippen LogP contribution in [0.3, 0.4) is 0 Å². The van der Waals surface area contributed by atoms with E-state index in [1.54, 1.807) is 0 Å². The minimum atomic E-state index is -0.779. The average Bonchev–Trinajstić information content (AvgIpc) is 2.34. The molecule has 0 radical (unpaired) electrons. The topological polar surface area (TPSA) is 38.4 Å². The molecule has 0 aromatic heterocycles. The molecule has 0 heterocycles. The molecule has 0 spiro atoms. The van der Waals surface area contributed by atoms with Gasteiger partial charge in [-0.25, -0.2) is 13.8 Å². The van der Waals surface area contributed by atoms with E-state index in [0.29, 0.717) is 5.84 Å². The highest BCUT2D eigenvalue weighted by atomic mass is 35.5. The Labute approximate surface area is 110 Å². The molecule has 1 fully saturated rings. The van der Waals surface area contributed by atoms with Crippen LogP contribution in [-0.2, 0) is 0 Å². The summed E-state index contributed by atoms with van der Waals surface area (Å²) in [6, 6.07) is 1.80. The first kappa shape index (κ1) is 13.3. The number of rotatable bonds is 2. The second-order valence-electron chi connectivity index (χ2n) is 4.59. The van der Waals surface area contributed by atoms with Gasteiger partial charge >= 0.3 is 0 Å². The third-order valence-corrected chi connectivity index (χ3v) is 3.53. The quantitative estimate of drug-likeness (QED) is 0.636. The van der Waals surface area contributed by atoms with Crippen molar-refractivity contribution >= 4 is 23.1 Å². The monoisotopic (exact) mass is 272 g/mol. The lowest BCUT2D eigenvalue weighted by Gasteiger charge is -2.21. The van der Waals surface area contributed by atoms with Crippen molar-refractivity contribution in [2.45, 2.75) is 32.1 Å². The van der Waals surface area contributed by atoms with Crippen LogP contribution in [0.15, 0.2) is 17.1 Å². The van der Waals surface area contributed by atoms with Crippen molar-refractivity contribution in [1.82, 2.24) is 0 Å². The normalized spacial score (nSPS) is 18.1. The molecule has 0 saturated heterocycles. The highest BCUT2D eigenvalue weighted by molar-refractivity contribution is 6.33. The Hall–Kier alpha value is -1.16. The minimum Gasteiger partial charge on any atom is -0.387 e. The molecule has 1 saturated carbocycles. The molecule has 0 bridgehead atoms. The molecule has 2 nitrogen and oxygen atoms in total. The van der Waals surface area contributed by atoms with E-state index >= 15 is 0 Å². The van der Waals surface area contributed by atoms with Gasteiger partial charge in [0, 0.05) is 12.0 Å². The Balaban J connectivity index is 2.26. The van der Waals surface area contributed by atoms with Crippen molar-refractivity contribution in [2.24, 2.45) is 16.6 Å². The number of amidine groups is 1. The Morgan fingerprint density at radius 2 is 1.89 bits per heavy atom. The molecule has 2 N–H and O–H groups in total. The summed E-state index contributed by atoms with van der Waals surface area (Å²) in [6.07, 6.45) is 5.36. The minimum absolute atomic E-state index is 0.0498. The third-order valence-electron chi connectivity index (χ3n) is 3.25. The summed E-state index contributed by atoms with van der Waals surface area (Å²) in [5, 5.41) is -0.0498. The maximum absolute atomic E-state index is 13.6. The van der Waals surface area contributed by atoms with E-state index in [2.05, 4.69) is 4.99 Å². The molecule has 0 atom stereocenters. The molecule has 1 aromatic carbocycles. The summed E-state index contributed by atoms with van der Waals surface area (Å²) in [5.41, 5.74) is 5.82. The first-order valence-corrected chi connectivity index (χ1v) is 6.44. The highest BCUT2D eigenvalue weighted by Crippen LogP contribution is 2.31. The van der Waals surface area contributed by atoms with Gasteiger partial charge in [0.15, 0.2) is 5.82 Å². The summed E-state index contributed by atoms with van der Waals surface area (Å²) >= 11 is 5.78. The van der Waals surface area contributed by atoms with Crippen molar-refractivity contribution in [1.29, 1.82) is 0 Å². The van der Waals surface area contributed by atoms with E-state index in [0.717, 1.165) is 37.8 Å². The Morgan fingerprint density at radius 1 is 1.22 bits per heavy atom. The Bertz CT molecular complexity index is 445. The van der Waals surface area contributed by atoms with Gasteiger partial charge in [-0.15, -0.1) is 0 Å². The fraction of sp³-hybridized carbons (Fsp3) is 0.462. The number of nitrogens with zero attached hydrogens (tertiary/aromatic N) is 1. The molecule has 1 aliphatic rings. The first-order valence-electron chi connectivity index (χ1n) is 6.06. The van der Waals surface area contributed by atoms with Gasteiger partial charge in [0.25, 0.3) is 0 Å². The van der Waals surface area contributed by atoms with E-state index in [4.69, 9.17) is 17.3 Å². The van der Waals surface area contributed by atoms with Gasteiger partial charge in [0.05, 0.1) is 5.02 Å². The predicted molar refractivity (Wildman–Crippen MR) is 69.2 cm³/mol. The van der Waals surface area contributed by atoms with Gasteiger partial charge in [-0.1, -0.05) is 30.9 Å². The standard InChI is InChI=1S/C13H15ClF2N2/c14-10-6-9(15)7-11(16)12(10)18-13(17)8-4-2-1-3-5-8/h6-8H,1-5H2,(H2,17,18). The third kappa shape index (κ3) is 2.99. The van der Waals surface area contributed by atoms with Gasteiger partial charge in [-0.2, -0.15) is 0 Å². The van der Waals surface area contributed by atoms with E-state index in [-0.39, 0.29) is 16.6 Å². The molecular weight excluding hydrogens is 258 g/mol. The Kier molecular flexibility index (Phi) is 4.17. The number of hydrogen-bond donors (Lipinski definition) is 1. The second-order valence-corrected chi connectivity index (χ2v) is 5.00. The maximum atomic E-state index is 13.6. The lowest BCUT2D eigenvalue weighted by atomic mass is 9.88. The Morgan fingerprint density at radius 3 is 2.50 bits per heavy atom. The van der Waals surface area contributed by atoms with Crippen molar-refractivity contribution in [3.63, 3.8) is 0 Å². The van der Waals surface area contributed by atoms with E-state index in [1.165, 1.54) is 6.42 Å². The zero-order chi connectivity index (χ0) is 13.1. The van der Waals surface area contributed by atoms with Crippen molar-refractivity contribution in [2.75, 3.05) is 0 Å². The highest BCUT2D eigenvalue weighted by Gasteiger charge is 2.18. The fourth-order valence-corrected chi connectivity index (χ4v) is 2.50. The number of aliphatic imine (C=N–C) groups is 1. The molecule has 1 aliphatic carbocycles. The van der Waals surface area contributed by atoms with Crippen LogP contribution in [0.4, 0.5) is 14.5 Å². The summed E-state index contributed by atoms with van der Waals surface area (Å²) in [7, 11) is 0. The molecule has 0 aliphatic heterocycles. The van der Waals surface area contributed by atoms with Gasteiger partial charge < -0.3 is 5.73 Å². The van der Waals surface area contributed by atoms with Gasteiger partial charge in [0.2, 0.25) is 0 Å². The van der Waals surface area contributed by atoms with Gasteiger partial charge in [-0.3, -0.25) is 0 Å². The molecule has 1 aromatic rings. The average molecular weight is 273 g/mol. The van der Waals surface area contributed by atoms with E-state index in [9.17, 15) is 8.78 Å². The zero-order valence-corrected chi connectivity index (χ0v) is 10.7. The number of hydrogen-bond acceptors (Lipinski definition) is 1. The summed E-state index contributed by atoms with van der Waals surface area (Å²) < 4.78 is 26.4. The van der Waals surface area contributed by atoms with E-state index < -0.39 is 11.6 Å². The van der Waals surface area contributed by atoms with Gasteiger partial charge in [-0.05, 0) is 18.9 Å². The summed E-state index contributed by atoms with van der Waals surface area (Å²) in [5.74, 6) is -0.923. The van der Waals surface area contributed by atoms with Crippen LogP contribution in [0.1, 0.15) is 32.1 Å². The van der Waals surface area contributed by atoms with Crippen LogP contribution in [0.25, 0.3) is 0 Å². The lowest BCUT2D eigenvalue weighted by molar-refractivity contribution is 0.437. The molecular formula is C13H15ClF2N2. The van der Waals surface area contributed by atoms with Crippen molar-refractivity contribution in [3.8, 4) is 0 Å². The van der Waals surface area contributed by atoms with Crippen LogP contribution < -0.4 is 5.73 Å².